The van der Waals surface area contributed by atoms with Crippen molar-refractivity contribution in [1.82, 2.24) is 0 Å². The Morgan fingerprint density at radius 3 is 2.31 bits per heavy atom. The number of aliphatic hydroxyl groups is 1. The Bertz CT molecular complexity index is 137. The van der Waals surface area contributed by atoms with Crippen molar-refractivity contribution in [2.45, 2.75) is 58.0 Å². The summed E-state index contributed by atoms with van der Waals surface area (Å²) in [5, 5.41) is 8.69. The van der Waals surface area contributed by atoms with E-state index in [1.54, 1.807) is 0 Å². The van der Waals surface area contributed by atoms with Gasteiger partial charge in [-0.25, -0.2) is 0 Å². The van der Waals surface area contributed by atoms with E-state index in [1.807, 2.05) is 0 Å². The number of carbonyl (C=O) groups excluding carboxylic acids is 1. The Balaban J connectivity index is 3.11. The molecule has 0 aromatic heterocycles. The largest absolute Gasteiger partial charge is 0.384 e. The lowest BCUT2D eigenvalue weighted by atomic mass is 10.1. The number of aliphatic hydroxyl groups excluding tert-OH is 1. The lowest BCUT2D eigenvalue weighted by molar-refractivity contribution is -0.118. The first-order valence-corrected chi connectivity index (χ1v) is 5.54. The number of thiol groups is 1. The predicted octanol–water partition coefficient (Wildman–Crippen LogP) is 2.55. The van der Waals surface area contributed by atoms with Gasteiger partial charge in [0, 0.05) is 0 Å². The van der Waals surface area contributed by atoms with Crippen LogP contribution >= 0.6 is 12.6 Å². The van der Waals surface area contributed by atoms with E-state index in [4.69, 9.17) is 5.11 Å². The quantitative estimate of drug-likeness (QED) is 0.471. The zero-order valence-electron chi connectivity index (χ0n) is 8.33. The molecule has 78 valence electrons. The minimum Gasteiger partial charge on any atom is -0.384 e. The fraction of sp³-hybridized carbons (Fsp3) is 0.900. The second-order valence-corrected chi connectivity index (χ2v) is 3.85. The van der Waals surface area contributed by atoms with Gasteiger partial charge < -0.3 is 5.11 Å². The summed E-state index contributed by atoms with van der Waals surface area (Å²) in [6.07, 6.45) is 6.76. The second-order valence-electron chi connectivity index (χ2n) is 3.41. The maximum atomic E-state index is 10.5. The van der Waals surface area contributed by atoms with Crippen molar-refractivity contribution < 1.29 is 9.90 Å². The van der Waals surface area contributed by atoms with E-state index < -0.39 is 11.2 Å². The fourth-order valence-corrected chi connectivity index (χ4v) is 1.37. The first-order chi connectivity index (χ1) is 6.18. The third kappa shape index (κ3) is 8.31. The molecule has 0 bridgehead atoms. The van der Waals surface area contributed by atoms with E-state index in [2.05, 4.69) is 19.6 Å². The fourth-order valence-electron chi connectivity index (χ4n) is 1.24. The lowest BCUT2D eigenvalue weighted by Crippen LogP contribution is -2.14. The number of hydrogen-bond donors (Lipinski definition) is 2. The molecule has 1 atom stereocenters. The van der Waals surface area contributed by atoms with Crippen LogP contribution in [0.25, 0.3) is 0 Å². The van der Waals surface area contributed by atoms with Crippen LogP contribution < -0.4 is 0 Å². The molecule has 0 rings (SSSR count). The van der Waals surface area contributed by atoms with Crippen molar-refractivity contribution in [3.05, 3.63) is 0 Å². The molecule has 0 heterocycles. The summed E-state index contributed by atoms with van der Waals surface area (Å²) in [5.74, 6) is 0. The number of hydrogen-bond acceptors (Lipinski definition) is 2. The van der Waals surface area contributed by atoms with Crippen molar-refractivity contribution >= 4 is 17.7 Å². The van der Waals surface area contributed by atoms with Crippen LogP contribution in [0.15, 0.2) is 0 Å². The van der Waals surface area contributed by atoms with E-state index in [9.17, 15) is 4.79 Å². The van der Waals surface area contributed by atoms with Gasteiger partial charge in [0.2, 0.25) is 5.12 Å². The van der Waals surface area contributed by atoms with Gasteiger partial charge in [0.15, 0.2) is 0 Å². The van der Waals surface area contributed by atoms with Gasteiger partial charge in [-0.3, -0.25) is 4.79 Å². The number of rotatable bonds is 8. The Morgan fingerprint density at radius 2 is 1.77 bits per heavy atom. The molecule has 1 unspecified atom stereocenters. The SMILES string of the molecule is CCCCCCCCC(O)C(=O)S. The van der Waals surface area contributed by atoms with Crippen LogP contribution in [-0.2, 0) is 4.79 Å². The molecule has 0 aliphatic heterocycles. The summed E-state index contributed by atoms with van der Waals surface area (Å²) >= 11 is 3.56. The predicted molar refractivity (Wildman–Crippen MR) is 58.0 cm³/mol. The zero-order valence-corrected chi connectivity index (χ0v) is 9.22. The summed E-state index contributed by atoms with van der Waals surface area (Å²) in [7, 11) is 0. The van der Waals surface area contributed by atoms with Crippen molar-refractivity contribution in [3.63, 3.8) is 0 Å². The lowest BCUT2D eigenvalue weighted by Gasteiger charge is -2.04. The summed E-state index contributed by atoms with van der Waals surface area (Å²) in [4.78, 5) is 10.5. The van der Waals surface area contributed by atoms with Crippen LogP contribution in [0, 0.1) is 0 Å². The topological polar surface area (TPSA) is 37.3 Å². The molecular formula is C10H20O2S. The van der Waals surface area contributed by atoms with Crippen molar-refractivity contribution in [2.75, 3.05) is 0 Å². The summed E-state index contributed by atoms with van der Waals surface area (Å²) in [6.45, 7) is 2.18. The van der Waals surface area contributed by atoms with Crippen LogP contribution in [0.1, 0.15) is 51.9 Å². The highest BCUT2D eigenvalue weighted by molar-refractivity contribution is 7.96. The Hall–Kier alpha value is -0.0200. The van der Waals surface area contributed by atoms with Crippen LogP contribution in [0.4, 0.5) is 0 Å². The van der Waals surface area contributed by atoms with Crippen LogP contribution in [0.3, 0.4) is 0 Å². The highest BCUT2D eigenvalue weighted by atomic mass is 32.1. The minimum absolute atomic E-state index is 0.409. The van der Waals surface area contributed by atoms with Crippen molar-refractivity contribution in [3.8, 4) is 0 Å². The van der Waals surface area contributed by atoms with Gasteiger partial charge in [-0.05, 0) is 6.42 Å². The van der Waals surface area contributed by atoms with Gasteiger partial charge in [0.25, 0.3) is 0 Å². The first kappa shape index (κ1) is 13.0. The second kappa shape index (κ2) is 8.57. The maximum absolute atomic E-state index is 10.5. The van der Waals surface area contributed by atoms with Crippen molar-refractivity contribution in [1.29, 1.82) is 0 Å². The zero-order chi connectivity index (χ0) is 10.1. The van der Waals surface area contributed by atoms with E-state index in [0.29, 0.717) is 6.42 Å². The molecule has 0 fully saturated rings. The molecule has 1 N–H and O–H groups in total. The standard InChI is InChI=1S/C10H20O2S/c1-2-3-4-5-6-7-8-9(11)10(12)13/h9,11H,2-8H2,1H3,(H,12,13). The van der Waals surface area contributed by atoms with E-state index in [-0.39, 0.29) is 0 Å². The van der Waals surface area contributed by atoms with Gasteiger partial charge in [-0.1, -0.05) is 45.4 Å². The van der Waals surface area contributed by atoms with Crippen molar-refractivity contribution in [2.24, 2.45) is 0 Å². The van der Waals surface area contributed by atoms with E-state index >= 15 is 0 Å². The highest BCUT2D eigenvalue weighted by Gasteiger charge is 2.08. The molecule has 13 heavy (non-hydrogen) atoms. The molecule has 3 heteroatoms. The Morgan fingerprint density at radius 1 is 1.23 bits per heavy atom. The van der Waals surface area contributed by atoms with Gasteiger partial charge in [-0.15, -0.1) is 12.6 Å². The number of unbranched alkanes of at least 4 members (excludes halogenated alkanes) is 5. The van der Waals surface area contributed by atoms with Crippen LogP contribution in [0.2, 0.25) is 0 Å². The Labute approximate surface area is 86.1 Å². The smallest absolute Gasteiger partial charge is 0.214 e. The summed E-state index contributed by atoms with van der Waals surface area (Å²) in [6, 6.07) is 0. The molecule has 2 nitrogen and oxygen atoms in total. The summed E-state index contributed by atoms with van der Waals surface area (Å²) < 4.78 is 0. The first-order valence-electron chi connectivity index (χ1n) is 5.09. The summed E-state index contributed by atoms with van der Waals surface area (Å²) in [5.41, 5.74) is 0. The monoisotopic (exact) mass is 204 g/mol. The number of carbonyl (C=O) groups is 1. The van der Waals surface area contributed by atoms with E-state index in [0.717, 1.165) is 12.8 Å². The molecule has 0 amide bonds. The molecule has 0 saturated heterocycles. The van der Waals surface area contributed by atoms with Crippen LogP contribution in [0.5, 0.6) is 0 Å². The van der Waals surface area contributed by atoms with Gasteiger partial charge in [0.1, 0.15) is 6.10 Å². The molecular weight excluding hydrogens is 184 g/mol. The van der Waals surface area contributed by atoms with Crippen LogP contribution in [-0.4, -0.2) is 16.3 Å². The molecule has 0 radical (unpaired) electrons. The molecule has 0 saturated carbocycles. The molecule has 0 spiro atoms. The molecule has 0 aliphatic rings. The molecule has 0 aliphatic carbocycles. The minimum atomic E-state index is -0.852. The molecule has 0 aromatic rings. The molecule has 0 aromatic carbocycles. The average molecular weight is 204 g/mol. The normalized spacial score (nSPS) is 12.8. The highest BCUT2D eigenvalue weighted by Crippen LogP contribution is 2.09. The third-order valence-corrected chi connectivity index (χ3v) is 2.41. The van der Waals surface area contributed by atoms with Gasteiger partial charge >= 0.3 is 0 Å². The third-order valence-electron chi connectivity index (χ3n) is 2.12. The van der Waals surface area contributed by atoms with E-state index in [1.165, 1.54) is 25.7 Å². The average Bonchev–Trinajstić information content (AvgIpc) is 2.10. The van der Waals surface area contributed by atoms with Gasteiger partial charge in [0.05, 0.1) is 0 Å². The van der Waals surface area contributed by atoms with Gasteiger partial charge in [-0.2, -0.15) is 0 Å². The maximum Gasteiger partial charge on any atom is 0.214 e. The Kier molecular flexibility index (Phi) is 8.56.